The molecule has 1 rings (SSSR count). The van der Waals surface area contributed by atoms with Crippen LogP contribution in [0.2, 0.25) is 0 Å². The van der Waals surface area contributed by atoms with E-state index < -0.39 is 24.2 Å². The molecule has 0 saturated carbocycles. The molecule has 0 saturated heterocycles. The first-order chi connectivity index (χ1) is 7.22. The maximum absolute atomic E-state index is 12.5. The molecule has 0 aliphatic rings. The second kappa shape index (κ2) is 4.98. The Morgan fingerprint density at radius 2 is 1.94 bits per heavy atom. The van der Waals surface area contributed by atoms with Crippen LogP contribution in [0.5, 0.6) is 5.88 Å². The molecular weight excluding hydrogens is 416 g/mol. The summed E-state index contributed by atoms with van der Waals surface area (Å²) < 4.78 is 64.2. The van der Waals surface area contributed by atoms with E-state index in [1.807, 2.05) is 0 Å². The SMILES string of the molecule is FC(F)c1c(OC(F)(F)F)ncc(I)c1Br. The summed E-state index contributed by atoms with van der Waals surface area (Å²) in [5, 5.41) is 0. The summed E-state index contributed by atoms with van der Waals surface area (Å²) in [5.74, 6) is -1.14. The first-order valence-corrected chi connectivity index (χ1v) is 5.47. The lowest BCUT2D eigenvalue weighted by Crippen LogP contribution is -2.19. The summed E-state index contributed by atoms with van der Waals surface area (Å²) in [6.07, 6.45) is -7.17. The summed E-state index contributed by atoms with van der Waals surface area (Å²) in [7, 11) is 0. The molecular formula is C7H2BrF5INO. The number of pyridine rings is 1. The van der Waals surface area contributed by atoms with E-state index in [9.17, 15) is 22.0 Å². The first kappa shape index (κ1) is 13.9. The van der Waals surface area contributed by atoms with Crippen LogP contribution < -0.4 is 4.74 Å². The minimum Gasteiger partial charge on any atom is -0.387 e. The van der Waals surface area contributed by atoms with Crippen molar-refractivity contribution in [3.05, 3.63) is 19.8 Å². The van der Waals surface area contributed by atoms with Crippen molar-refractivity contribution >= 4 is 38.5 Å². The first-order valence-electron chi connectivity index (χ1n) is 3.60. The van der Waals surface area contributed by atoms with Crippen molar-refractivity contribution in [3.63, 3.8) is 0 Å². The van der Waals surface area contributed by atoms with Gasteiger partial charge in [0.25, 0.3) is 6.43 Å². The third-order valence-electron chi connectivity index (χ3n) is 1.40. The van der Waals surface area contributed by atoms with Crippen molar-refractivity contribution in [2.45, 2.75) is 12.8 Å². The van der Waals surface area contributed by atoms with E-state index >= 15 is 0 Å². The smallest absolute Gasteiger partial charge is 0.387 e. The van der Waals surface area contributed by atoms with Gasteiger partial charge in [0.1, 0.15) is 0 Å². The fourth-order valence-corrected chi connectivity index (χ4v) is 1.72. The second-order valence-corrected chi connectivity index (χ2v) is 4.44. The highest BCUT2D eigenvalue weighted by atomic mass is 127. The van der Waals surface area contributed by atoms with Gasteiger partial charge < -0.3 is 4.74 Å². The summed E-state index contributed by atoms with van der Waals surface area (Å²) in [6, 6.07) is 0. The van der Waals surface area contributed by atoms with Crippen LogP contribution >= 0.6 is 38.5 Å². The van der Waals surface area contributed by atoms with Crippen LogP contribution in [-0.4, -0.2) is 11.3 Å². The van der Waals surface area contributed by atoms with E-state index in [2.05, 4.69) is 25.7 Å². The molecule has 0 aliphatic carbocycles. The molecule has 2 nitrogen and oxygen atoms in total. The Balaban J connectivity index is 3.24. The van der Waals surface area contributed by atoms with Crippen molar-refractivity contribution in [2.75, 3.05) is 0 Å². The van der Waals surface area contributed by atoms with E-state index in [-0.39, 0.29) is 8.04 Å². The molecule has 0 aromatic carbocycles. The Labute approximate surface area is 108 Å². The Bertz CT molecular complexity index is 397. The number of hydrogen-bond acceptors (Lipinski definition) is 2. The minimum absolute atomic E-state index is 0.155. The average Bonchev–Trinajstić information content (AvgIpc) is 2.08. The molecule has 0 amide bonds. The third kappa shape index (κ3) is 3.40. The highest BCUT2D eigenvalue weighted by Gasteiger charge is 2.35. The van der Waals surface area contributed by atoms with Gasteiger partial charge in [0.2, 0.25) is 5.88 Å². The van der Waals surface area contributed by atoms with Gasteiger partial charge in [0.15, 0.2) is 0 Å². The van der Waals surface area contributed by atoms with Crippen LogP contribution in [0.4, 0.5) is 22.0 Å². The molecule has 1 aromatic heterocycles. The molecule has 0 atom stereocenters. The molecule has 1 heterocycles. The van der Waals surface area contributed by atoms with E-state index in [1.165, 1.54) is 0 Å². The van der Waals surface area contributed by atoms with E-state index in [1.54, 1.807) is 22.6 Å². The van der Waals surface area contributed by atoms with Crippen LogP contribution in [0, 0.1) is 3.57 Å². The predicted molar refractivity (Wildman–Crippen MR) is 56.3 cm³/mol. The highest BCUT2D eigenvalue weighted by molar-refractivity contribution is 14.1. The molecule has 0 unspecified atom stereocenters. The Morgan fingerprint density at radius 3 is 2.38 bits per heavy atom. The number of nitrogens with zero attached hydrogens (tertiary/aromatic N) is 1. The van der Waals surface area contributed by atoms with E-state index in [0.29, 0.717) is 0 Å². The van der Waals surface area contributed by atoms with Crippen LogP contribution in [0.3, 0.4) is 0 Å². The van der Waals surface area contributed by atoms with Crippen molar-refractivity contribution in [1.82, 2.24) is 4.98 Å². The van der Waals surface area contributed by atoms with Crippen LogP contribution in [0.1, 0.15) is 12.0 Å². The summed E-state index contributed by atoms with van der Waals surface area (Å²) in [5.41, 5.74) is -0.913. The lowest BCUT2D eigenvalue weighted by Gasteiger charge is -2.13. The summed E-state index contributed by atoms with van der Waals surface area (Å²) in [6.45, 7) is 0. The second-order valence-electron chi connectivity index (χ2n) is 2.49. The number of halogens is 7. The van der Waals surface area contributed by atoms with Gasteiger partial charge in [-0.2, -0.15) is 0 Å². The van der Waals surface area contributed by atoms with E-state index in [0.717, 1.165) is 6.20 Å². The predicted octanol–water partition coefficient (Wildman–Crippen LogP) is 4.28. The molecule has 0 aliphatic heterocycles. The van der Waals surface area contributed by atoms with Gasteiger partial charge in [0.05, 0.1) is 5.56 Å². The van der Waals surface area contributed by atoms with Gasteiger partial charge >= 0.3 is 6.36 Å². The summed E-state index contributed by atoms with van der Waals surface area (Å²) in [4.78, 5) is 3.19. The molecule has 0 fully saturated rings. The quantitative estimate of drug-likeness (QED) is 0.529. The molecule has 0 radical (unpaired) electrons. The van der Waals surface area contributed by atoms with Gasteiger partial charge in [-0.1, -0.05) is 0 Å². The standard InChI is InChI=1S/C7H2BrF5INO/c8-4-2(14)1-15-6(3(4)5(9)10)16-7(11,12)13/h1,5H. The number of rotatable bonds is 2. The van der Waals surface area contributed by atoms with Gasteiger partial charge in [-0.05, 0) is 38.5 Å². The number of alkyl halides is 5. The number of ether oxygens (including phenoxy) is 1. The normalized spacial score (nSPS) is 12.0. The lowest BCUT2D eigenvalue weighted by atomic mass is 10.3. The molecule has 1 aromatic rings. The number of aromatic nitrogens is 1. The monoisotopic (exact) mass is 417 g/mol. The number of hydrogen-bond donors (Lipinski definition) is 0. The van der Waals surface area contributed by atoms with Gasteiger partial charge in [-0.15, -0.1) is 13.2 Å². The van der Waals surface area contributed by atoms with Gasteiger partial charge in [0, 0.05) is 14.2 Å². The molecule has 16 heavy (non-hydrogen) atoms. The molecule has 0 spiro atoms. The van der Waals surface area contributed by atoms with Crippen molar-refractivity contribution in [1.29, 1.82) is 0 Å². The Hall–Kier alpha value is -0.190. The molecule has 0 bridgehead atoms. The zero-order valence-corrected chi connectivity index (χ0v) is 10.9. The average molecular weight is 418 g/mol. The fourth-order valence-electron chi connectivity index (χ4n) is 0.844. The lowest BCUT2D eigenvalue weighted by molar-refractivity contribution is -0.276. The van der Waals surface area contributed by atoms with Gasteiger partial charge in [-0.25, -0.2) is 13.8 Å². The van der Waals surface area contributed by atoms with Crippen LogP contribution in [-0.2, 0) is 0 Å². The van der Waals surface area contributed by atoms with Crippen molar-refractivity contribution < 1.29 is 26.7 Å². The fraction of sp³-hybridized carbons (Fsp3) is 0.286. The Kier molecular flexibility index (Phi) is 4.32. The van der Waals surface area contributed by atoms with Crippen molar-refractivity contribution in [3.8, 4) is 5.88 Å². The maximum atomic E-state index is 12.5. The molecule has 0 N–H and O–H groups in total. The van der Waals surface area contributed by atoms with Crippen molar-refractivity contribution in [2.24, 2.45) is 0 Å². The zero-order valence-electron chi connectivity index (χ0n) is 7.16. The van der Waals surface area contributed by atoms with Crippen LogP contribution in [0.25, 0.3) is 0 Å². The maximum Gasteiger partial charge on any atom is 0.574 e. The molecule has 90 valence electrons. The third-order valence-corrected chi connectivity index (χ3v) is 3.82. The highest BCUT2D eigenvalue weighted by Crippen LogP contribution is 2.38. The summed E-state index contributed by atoms with van der Waals surface area (Å²) >= 11 is 4.42. The van der Waals surface area contributed by atoms with Gasteiger partial charge in [-0.3, -0.25) is 0 Å². The Morgan fingerprint density at radius 1 is 1.38 bits per heavy atom. The minimum atomic E-state index is -5.05. The van der Waals surface area contributed by atoms with Crippen LogP contribution in [0.15, 0.2) is 10.7 Å². The zero-order chi connectivity index (χ0) is 12.5. The molecule has 9 heteroatoms. The largest absolute Gasteiger partial charge is 0.574 e. The van der Waals surface area contributed by atoms with E-state index in [4.69, 9.17) is 0 Å². The topological polar surface area (TPSA) is 22.1 Å².